The van der Waals surface area contributed by atoms with Gasteiger partial charge in [0.15, 0.2) is 6.29 Å². The van der Waals surface area contributed by atoms with Gasteiger partial charge in [-0.05, 0) is 19.1 Å². The lowest BCUT2D eigenvalue weighted by molar-refractivity contribution is 0.0524. The van der Waals surface area contributed by atoms with E-state index in [0.717, 1.165) is 0 Å². The van der Waals surface area contributed by atoms with E-state index in [2.05, 4.69) is 15.9 Å². The topological polar surface area (TPSA) is 67.2 Å². The van der Waals surface area contributed by atoms with Gasteiger partial charge in [0.1, 0.15) is 0 Å². The number of carbonyl (C=O) groups is 2. The third-order valence-corrected chi connectivity index (χ3v) is 2.34. The van der Waals surface area contributed by atoms with Gasteiger partial charge in [-0.25, -0.2) is 4.79 Å². The molecule has 0 radical (unpaired) electrons. The zero-order chi connectivity index (χ0) is 12.1. The SMILES string of the molecule is CCOC(=O)c1cc(Br)cc(C#N)c1C=O. The molecule has 0 amide bonds. The van der Waals surface area contributed by atoms with Gasteiger partial charge in [-0.3, -0.25) is 4.79 Å². The first-order valence-electron chi connectivity index (χ1n) is 4.50. The smallest absolute Gasteiger partial charge is 0.338 e. The van der Waals surface area contributed by atoms with E-state index in [4.69, 9.17) is 10.00 Å². The number of hydrogen-bond donors (Lipinski definition) is 0. The summed E-state index contributed by atoms with van der Waals surface area (Å²) in [6.45, 7) is 1.88. The molecule has 16 heavy (non-hydrogen) atoms. The summed E-state index contributed by atoms with van der Waals surface area (Å²) in [7, 11) is 0. The van der Waals surface area contributed by atoms with Crippen LogP contribution >= 0.6 is 15.9 Å². The van der Waals surface area contributed by atoms with Crippen LogP contribution in [0.25, 0.3) is 0 Å². The Hall–Kier alpha value is -1.67. The molecule has 1 rings (SSSR count). The lowest BCUT2D eigenvalue weighted by atomic mass is 10.0. The van der Waals surface area contributed by atoms with Crippen LogP contribution in [0.4, 0.5) is 0 Å². The highest BCUT2D eigenvalue weighted by atomic mass is 79.9. The molecule has 4 nitrogen and oxygen atoms in total. The monoisotopic (exact) mass is 281 g/mol. The second-order valence-corrected chi connectivity index (χ2v) is 3.78. The van der Waals surface area contributed by atoms with Crippen LogP contribution in [0.1, 0.15) is 33.2 Å². The van der Waals surface area contributed by atoms with E-state index in [1.54, 1.807) is 6.92 Å². The highest BCUT2D eigenvalue weighted by Gasteiger charge is 2.16. The summed E-state index contributed by atoms with van der Waals surface area (Å²) in [5.74, 6) is -0.609. The van der Waals surface area contributed by atoms with Crippen LogP contribution in [0.5, 0.6) is 0 Å². The average Bonchev–Trinajstić information content (AvgIpc) is 2.28. The predicted octanol–water partition coefficient (Wildman–Crippen LogP) is 2.31. The molecule has 0 saturated carbocycles. The molecule has 0 bridgehead atoms. The van der Waals surface area contributed by atoms with Crippen LogP contribution in [-0.4, -0.2) is 18.9 Å². The quantitative estimate of drug-likeness (QED) is 0.630. The fraction of sp³-hybridized carbons (Fsp3) is 0.182. The van der Waals surface area contributed by atoms with Crippen LogP contribution in [0.2, 0.25) is 0 Å². The molecule has 0 spiro atoms. The first-order valence-corrected chi connectivity index (χ1v) is 5.29. The van der Waals surface area contributed by atoms with E-state index in [9.17, 15) is 9.59 Å². The second-order valence-electron chi connectivity index (χ2n) is 2.86. The Labute approximate surface area is 101 Å². The molecule has 0 aliphatic carbocycles. The normalized spacial score (nSPS) is 9.31. The molecule has 0 heterocycles. The number of aldehydes is 1. The third kappa shape index (κ3) is 2.47. The maximum Gasteiger partial charge on any atom is 0.338 e. The van der Waals surface area contributed by atoms with Crippen molar-refractivity contribution in [1.29, 1.82) is 5.26 Å². The Morgan fingerprint density at radius 2 is 2.31 bits per heavy atom. The molecule has 82 valence electrons. The van der Waals surface area contributed by atoms with Crippen LogP contribution in [0, 0.1) is 11.3 Å². The molecular formula is C11H8BrNO3. The van der Waals surface area contributed by atoms with Crippen molar-refractivity contribution >= 4 is 28.2 Å². The summed E-state index contributed by atoms with van der Waals surface area (Å²) in [6, 6.07) is 4.80. The Kier molecular flexibility index (Phi) is 4.20. The van der Waals surface area contributed by atoms with Crippen LogP contribution < -0.4 is 0 Å². The lowest BCUT2D eigenvalue weighted by Gasteiger charge is -2.06. The van der Waals surface area contributed by atoms with Crippen molar-refractivity contribution in [2.75, 3.05) is 6.61 Å². The van der Waals surface area contributed by atoms with E-state index < -0.39 is 5.97 Å². The van der Waals surface area contributed by atoms with Crippen molar-refractivity contribution in [3.05, 3.63) is 33.3 Å². The molecule has 0 saturated heterocycles. The first kappa shape index (κ1) is 12.4. The third-order valence-electron chi connectivity index (χ3n) is 1.88. The summed E-state index contributed by atoms with van der Waals surface area (Å²) in [5, 5.41) is 8.83. The highest BCUT2D eigenvalue weighted by molar-refractivity contribution is 9.10. The van der Waals surface area contributed by atoms with Crippen LogP contribution in [0.15, 0.2) is 16.6 Å². The van der Waals surface area contributed by atoms with Gasteiger partial charge in [0.05, 0.1) is 23.8 Å². The first-order chi connectivity index (χ1) is 7.63. The van der Waals surface area contributed by atoms with E-state index in [1.165, 1.54) is 12.1 Å². The molecule has 0 unspecified atom stereocenters. The number of benzene rings is 1. The Bertz CT molecular complexity index is 477. The zero-order valence-corrected chi connectivity index (χ0v) is 10.1. The molecule has 5 heteroatoms. The van der Waals surface area contributed by atoms with E-state index in [1.807, 2.05) is 6.07 Å². The van der Waals surface area contributed by atoms with Crippen molar-refractivity contribution in [2.45, 2.75) is 6.92 Å². The van der Waals surface area contributed by atoms with Gasteiger partial charge < -0.3 is 4.74 Å². The van der Waals surface area contributed by atoms with Crippen molar-refractivity contribution < 1.29 is 14.3 Å². The van der Waals surface area contributed by atoms with Gasteiger partial charge in [-0.2, -0.15) is 5.26 Å². The summed E-state index contributed by atoms with van der Waals surface area (Å²) in [4.78, 5) is 22.4. The largest absolute Gasteiger partial charge is 0.462 e. The number of ether oxygens (including phenoxy) is 1. The Morgan fingerprint density at radius 3 is 2.81 bits per heavy atom. The van der Waals surface area contributed by atoms with Crippen LogP contribution in [-0.2, 0) is 4.74 Å². The van der Waals surface area contributed by atoms with E-state index in [0.29, 0.717) is 10.8 Å². The van der Waals surface area contributed by atoms with E-state index in [-0.39, 0.29) is 23.3 Å². The number of nitrogens with zero attached hydrogens (tertiary/aromatic N) is 1. The van der Waals surface area contributed by atoms with Gasteiger partial charge in [-0.1, -0.05) is 15.9 Å². The molecule has 0 aromatic heterocycles. The summed E-state index contributed by atoms with van der Waals surface area (Å²) in [6.07, 6.45) is 0.483. The molecule has 0 aliphatic heterocycles. The minimum Gasteiger partial charge on any atom is -0.462 e. The van der Waals surface area contributed by atoms with Gasteiger partial charge in [0.25, 0.3) is 0 Å². The average molecular weight is 282 g/mol. The zero-order valence-electron chi connectivity index (χ0n) is 8.49. The molecule has 0 N–H and O–H groups in total. The fourth-order valence-electron chi connectivity index (χ4n) is 1.22. The molecule has 0 atom stereocenters. The number of esters is 1. The number of hydrogen-bond acceptors (Lipinski definition) is 4. The summed E-state index contributed by atoms with van der Waals surface area (Å²) in [5.41, 5.74) is 0.305. The predicted molar refractivity (Wildman–Crippen MR) is 60.2 cm³/mol. The number of carbonyl (C=O) groups excluding carboxylic acids is 2. The molecule has 1 aromatic rings. The lowest BCUT2D eigenvalue weighted by Crippen LogP contribution is -2.09. The Morgan fingerprint density at radius 1 is 1.62 bits per heavy atom. The van der Waals surface area contributed by atoms with Gasteiger partial charge >= 0.3 is 5.97 Å². The molecule has 0 aliphatic rings. The van der Waals surface area contributed by atoms with Crippen molar-refractivity contribution in [1.82, 2.24) is 0 Å². The molecular weight excluding hydrogens is 274 g/mol. The maximum atomic E-state index is 11.5. The van der Waals surface area contributed by atoms with Gasteiger partial charge in [-0.15, -0.1) is 0 Å². The maximum absolute atomic E-state index is 11.5. The van der Waals surface area contributed by atoms with Crippen LogP contribution in [0.3, 0.4) is 0 Å². The molecule has 0 fully saturated rings. The number of nitriles is 1. The summed E-state index contributed by atoms with van der Waals surface area (Å²) >= 11 is 3.16. The second kappa shape index (κ2) is 5.42. The van der Waals surface area contributed by atoms with E-state index >= 15 is 0 Å². The van der Waals surface area contributed by atoms with Crippen molar-refractivity contribution in [3.63, 3.8) is 0 Å². The van der Waals surface area contributed by atoms with Gasteiger partial charge in [0.2, 0.25) is 0 Å². The summed E-state index contributed by atoms with van der Waals surface area (Å²) < 4.78 is 5.35. The fourth-order valence-corrected chi connectivity index (χ4v) is 1.67. The highest BCUT2D eigenvalue weighted by Crippen LogP contribution is 2.20. The molecule has 1 aromatic carbocycles. The van der Waals surface area contributed by atoms with Crippen molar-refractivity contribution in [3.8, 4) is 6.07 Å². The minimum atomic E-state index is -0.609. The number of halogens is 1. The van der Waals surface area contributed by atoms with Crippen molar-refractivity contribution in [2.24, 2.45) is 0 Å². The minimum absolute atomic E-state index is 0.0594. The standard InChI is InChI=1S/C11H8BrNO3/c1-2-16-11(15)9-4-8(12)3-7(5-13)10(9)6-14/h3-4,6H,2H2,1H3. The Balaban J connectivity index is 3.37. The number of rotatable bonds is 3. The van der Waals surface area contributed by atoms with Gasteiger partial charge in [0, 0.05) is 10.0 Å².